The van der Waals surface area contributed by atoms with Crippen LogP contribution in [0.1, 0.15) is 58.2 Å². The van der Waals surface area contributed by atoms with Crippen molar-refractivity contribution in [2.75, 3.05) is 31.1 Å². The standard InChI is InChI=1S/C24H35N5O/c1-17(2)20-18(3)25-21(19-11-8-7-9-12-19)26-22(20)28-13-10-14-29(16-15-28)23(30)27-24(4,5)6/h7-9,11-12,17H,10,13-16H2,1-6H3,(H,27,30). The second kappa shape index (κ2) is 9.02. The van der Waals surface area contributed by atoms with E-state index in [1.165, 1.54) is 5.56 Å². The molecule has 0 aliphatic carbocycles. The Kier molecular flexibility index (Phi) is 6.64. The molecule has 0 bridgehead atoms. The number of amides is 2. The number of carbonyl (C=O) groups excluding carboxylic acids is 1. The molecule has 0 saturated carbocycles. The number of aromatic nitrogens is 2. The summed E-state index contributed by atoms with van der Waals surface area (Å²) in [6.45, 7) is 15.6. The second-order valence-electron chi connectivity index (χ2n) is 9.40. The number of hydrogen-bond donors (Lipinski definition) is 1. The van der Waals surface area contributed by atoms with Gasteiger partial charge in [0.25, 0.3) is 0 Å². The van der Waals surface area contributed by atoms with Crippen LogP contribution in [0.25, 0.3) is 11.4 Å². The lowest BCUT2D eigenvalue weighted by molar-refractivity contribution is 0.192. The number of hydrogen-bond acceptors (Lipinski definition) is 4. The van der Waals surface area contributed by atoms with Gasteiger partial charge in [0.1, 0.15) is 5.82 Å². The number of aryl methyl sites for hydroxylation is 1. The number of anilines is 1. The van der Waals surface area contributed by atoms with Gasteiger partial charge in [-0.3, -0.25) is 0 Å². The highest BCUT2D eigenvalue weighted by atomic mass is 16.2. The molecular formula is C24H35N5O. The van der Waals surface area contributed by atoms with E-state index in [-0.39, 0.29) is 11.6 Å². The van der Waals surface area contributed by atoms with E-state index in [9.17, 15) is 4.79 Å². The Hall–Kier alpha value is -2.63. The molecule has 1 aliphatic rings. The molecule has 0 radical (unpaired) electrons. The monoisotopic (exact) mass is 409 g/mol. The average molecular weight is 410 g/mol. The van der Waals surface area contributed by atoms with Crippen molar-refractivity contribution in [2.45, 2.75) is 59.4 Å². The first-order valence-corrected chi connectivity index (χ1v) is 10.9. The fourth-order valence-corrected chi connectivity index (χ4v) is 3.93. The van der Waals surface area contributed by atoms with Gasteiger partial charge in [-0.1, -0.05) is 44.2 Å². The Morgan fingerprint density at radius 2 is 1.73 bits per heavy atom. The Morgan fingerprint density at radius 3 is 2.37 bits per heavy atom. The van der Waals surface area contributed by atoms with E-state index >= 15 is 0 Å². The van der Waals surface area contributed by atoms with Crippen molar-refractivity contribution in [3.63, 3.8) is 0 Å². The fourth-order valence-electron chi connectivity index (χ4n) is 3.93. The minimum Gasteiger partial charge on any atom is -0.354 e. The number of rotatable bonds is 3. The van der Waals surface area contributed by atoms with Crippen molar-refractivity contribution in [3.05, 3.63) is 41.6 Å². The molecule has 1 saturated heterocycles. The second-order valence-corrected chi connectivity index (χ2v) is 9.40. The molecule has 2 aromatic rings. The summed E-state index contributed by atoms with van der Waals surface area (Å²) in [5, 5.41) is 3.08. The van der Waals surface area contributed by atoms with Crippen LogP contribution < -0.4 is 10.2 Å². The zero-order chi connectivity index (χ0) is 21.9. The number of benzene rings is 1. The number of urea groups is 1. The summed E-state index contributed by atoms with van der Waals surface area (Å²) in [5.41, 5.74) is 3.02. The highest BCUT2D eigenvalue weighted by Gasteiger charge is 2.26. The smallest absolute Gasteiger partial charge is 0.317 e. The molecule has 3 rings (SSSR count). The van der Waals surface area contributed by atoms with Crippen LogP contribution in [-0.2, 0) is 0 Å². The van der Waals surface area contributed by atoms with Crippen LogP contribution in [0, 0.1) is 6.92 Å². The first-order chi connectivity index (χ1) is 14.2. The summed E-state index contributed by atoms with van der Waals surface area (Å²) in [6, 6.07) is 10.1. The van der Waals surface area contributed by atoms with Crippen LogP contribution in [-0.4, -0.2) is 52.6 Å². The van der Waals surface area contributed by atoms with Crippen LogP contribution in [0.2, 0.25) is 0 Å². The topological polar surface area (TPSA) is 61.4 Å². The summed E-state index contributed by atoms with van der Waals surface area (Å²) in [4.78, 5) is 26.7. The predicted octanol–water partition coefficient (Wildman–Crippen LogP) is 4.60. The lowest BCUT2D eigenvalue weighted by atomic mass is 10.0. The molecule has 1 aliphatic heterocycles. The molecule has 1 fully saturated rings. The highest BCUT2D eigenvalue weighted by Crippen LogP contribution is 2.31. The number of nitrogens with one attached hydrogen (secondary N) is 1. The van der Waals surface area contributed by atoms with Crippen molar-refractivity contribution in [3.8, 4) is 11.4 Å². The average Bonchev–Trinajstić information content (AvgIpc) is 2.92. The summed E-state index contributed by atoms with van der Waals surface area (Å²) < 4.78 is 0. The molecule has 0 atom stereocenters. The molecule has 1 N–H and O–H groups in total. The number of nitrogens with zero attached hydrogens (tertiary/aromatic N) is 4. The van der Waals surface area contributed by atoms with Gasteiger partial charge in [0, 0.05) is 48.5 Å². The third-order valence-electron chi connectivity index (χ3n) is 5.29. The zero-order valence-corrected chi connectivity index (χ0v) is 19.2. The normalized spacial score (nSPS) is 15.3. The van der Waals surface area contributed by atoms with E-state index in [0.29, 0.717) is 12.5 Å². The predicted molar refractivity (Wildman–Crippen MR) is 123 cm³/mol. The zero-order valence-electron chi connectivity index (χ0n) is 19.2. The van der Waals surface area contributed by atoms with E-state index in [1.807, 2.05) is 43.9 Å². The quantitative estimate of drug-likeness (QED) is 0.805. The number of carbonyl (C=O) groups is 1. The lowest BCUT2D eigenvalue weighted by Crippen LogP contribution is -2.49. The lowest BCUT2D eigenvalue weighted by Gasteiger charge is -2.29. The summed E-state index contributed by atoms with van der Waals surface area (Å²) in [6.07, 6.45) is 0.915. The van der Waals surface area contributed by atoms with Crippen molar-refractivity contribution in [1.82, 2.24) is 20.2 Å². The maximum Gasteiger partial charge on any atom is 0.317 e. The summed E-state index contributed by atoms with van der Waals surface area (Å²) in [5.74, 6) is 2.10. The van der Waals surface area contributed by atoms with Gasteiger partial charge in [-0.25, -0.2) is 14.8 Å². The molecule has 6 heteroatoms. The van der Waals surface area contributed by atoms with Gasteiger partial charge in [-0.05, 0) is 40.0 Å². The molecule has 1 aromatic carbocycles. The molecule has 2 heterocycles. The van der Waals surface area contributed by atoms with Gasteiger partial charge >= 0.3 is 6.03 Å². The summed E-state index contributed by atoms with van der Waals surface area (Å²) >= 11 is 0. The Labute approximate surface area is 180 Å². The molecule has 2 amide bonds. The molecule has 0 spiro atoms. The Morgan fingerprint density at radius 1 is 1.03 bits per heavy atom. The van der Waals surface area contributed by atoms with Crippen molar-refractivity contribution in [2.24, 2.45) is 0 Å². The van der Waals surface area contributed by atoms with Crippen LogP contribution in [0.4, 0.5) is 10.6 Å². The molecule has 30 heavy (non-hydrogen) atoms. The van der Waals surface area contributed by atoms with Gasteiger partial charge in [0.15, 0.2) is 5.82 Å². The highest BCUT2D eigenvalue weighted by molar-refractivity contribution is 5.75. The van der Waals surface area contributed by atoms with Crippen molar-refractivity contribution < 1.29 is 4.79 Å². The SMILES string of the molecule is Cc1nc(-c2ccccc2)nc(N2CCCN(C(=O)NC(C)(C)C)CC2)c1C(C)C. The van der Waals surface area contributed by atoms with Crippen LogP contribution in [0.3, 0.4) is 0 Å². The Balaban J connectivity index is 1.89. The van der Waals surface area contributed by atoms with E-state index < -0.39 is 0 Å². The van der Waals surface area contributed by atoms with Crippen LogP contribution >= 0.6 is 0 Å². The minimum atomic E-state index is -0.234. The molecule has 0 unspecified atom stereocenters. The summed E-state index contributed by atoms with van der Waals surface area (Å²) in [7, 11) is 0. The van der Waals surface area contributed by atoms with Gasteiger partial charge in [0.2, 0.25) is 0 Å². The van der Waals surface area contributed by atoms with Crippen LogP contribution in [0.5, 0.6) is 0 Å². The van der Waals surface area contributed by atoms with E-state index in [0.717, 1.165) is 49.0 Å². The molecule has 1 aromatic heterocycles. The first-order valence-electron chi connectivity index (χ1n) is 10.9. The van der Waals surface area contributed by atoms with Crippen LogP contribution in [0.15, 0.2) is 30.3 Å². The minimum absolute atomic E-state index is 0.0114. The van der Waals surface area contributed by atoms with E-state index in [1.54, 1.807) is 0 Å². The molecular weight excluding hydrogens is 374 g/mol. The third kappa shape index (κ3) is 5.29. The van der Waals surface area contributed by atoms with Gasteiger partial charge in [0.05, 0.1) is 0 Å². The maximum atomic E-state index is 12.6. The van der Waals surface area contributed by atoms with Crippen molar-refractivity contribution in [1.29, 1.82) is 0 Å². The van der Waals surface area contributed by atoms with Crippen molar-refractivity contribution >= 4 is 11.8 Å². The fraction of sp³-hybridized carbons (Fsp3) is 0.542. The largest absolute Gasteiger partial charge is 0.354 e. The van der Waals surface area contributed by atoms with Gasteiger partial charge in [-0.2, -0.15) is 0 Å². The van der Waals surface area contributed by atoms with E-state index in [4.69, 9.17) is 9.97 Å². The van der Waals surface area contributed by atoms with Gasteiger partial charge < -0.3 is 15.1 Å². The van der Waals surface area contributed by atoms with E-state index in [2.05, 4.69) is 43.1 Å². The first kappa shape index (κ1) is 22.1. The Bertz CT molecular complexity index is 873. The molecule has 6 nitrogen and oxygen atoms in total. The third-order valence-corrected chi connectivity index (χ3v) is 5.29. The van der Waals surface area contributed by atoms with Gasteiger partial charge in [-0.15, -0.1) is 0 Å². The maximum absolute atomic E-state index is 12.6. The molecule has 162 valence electrons.